The van der Waals surface area contributed by atoms with Crippen LogP contribution in [0.2, 0.25) is 0 Å². The third-order valence-corrected chi connectivity index (χ3v) is 3.51. The van der Waals surface area contributed by atoms with Crippen molar-refractivity contribution in [3.8, 4) is 5.75 Å². The fourth-order valence-corrected chi connectivity index (χ4v) is 2.75. The van der Waals surface area contributed by atoms with Crippen LogP contribution in [0.25, 0.3) is 0 Å². The van der Waals surface area contributed by atoms with Crippen molar-refractivity contribution >= 4 is 28.9 Å². The predicted molar refractivity (Wildman–Crippen MR) is 69.3 cm³/mol. The van der Waals surface area contributed by atoms with Crippen LogP contribution in [0, 0.1) is 0 Å². The Bertz CT molecular complexity index is 370. The van der Waals surface area contributed by atoms with Gasteiger partial charge in [0.1, 0.15) is 5.75 Å². The monoisotopic (exact) mass is 259 g/mol. The highest BCUT2D eigenvalue weighted by atomic mass is 35.5. The van der Waals surface area contributed by atoms with Crippen molar-refractivity contribution in [3.63, 3.8) is 0 Å². The number of rotatable bonds is 4. The van der Waals surface area contributed by atoms with Gasteiger partial charge in [0.25, 0.3) is 0 Å². The molecule has 0 aliphatic carbocycles. The highest BCUT2D eigenvalue weighted by Gasteiger charge is 2.30. The summed E-state index contributed by atoms with van der Waals surface area (Å²) in [6.45, 7) is 0.812. The van der Waals surface area contributed by atoms with Gasteiger partial charge < -0.3 is 9.64 Å². The van der Waals surface area contributed by atoms with E-state index in [1.165, 1.54) is 5.56 Å². The van der Waals surface area contributed by atoms with E-state index in [4.69, 9.17) is 27.9 Å². The molecule has 1 atom stereocenters. The standard InChI is InChI=1S/C12H15Cl2NO/c1-16-11-4-2-3-9-7-10(8-14)15(6-5-13)12(9)11/h2-4,10H,5-8H2,1H3. The van der Waals surface area contributed by atoms with Crippen LogP contribution >= 0.6 is 23.2 Å². The van der Waals surface area contributed by atoms with Gasteiger partial charge in [-0.25, -0.2) is 0 Å². The van der Waals surface area contributed by atoms with Crippen molar-refractivity contribution in [2.75, 3.05) is 30.3 Å². The molecule has 1 aromatic rings. The first kappa shape index (κ1) is 11.9. The molecule has 1 unspecified atom stereocenters. The molecule has 0 fully saturated rings. The lowest BCUT2D eigenvalue weighted by atomic mass is 10.1. The van der Waals surface area contributed by atoms with Crippen molar-refractivity contribution in [1.29, 1.82) is 0 Å². The zero-order chi connectivity index (χ0) is 11.5. The first-order valence-corrected chi connectivity index (χ1v) is 6.43. The van der Waals surface area contributed by atoms with Gasteiger partial charge in [0.2, 0.25) is 0 Å². The van der Waals surface area contributed by atoms with Crippen LogP contribution in [0.3, 0.4) is 0 Å². The Labute approximate surface area is 106 Å². The van der Waals surface area contributed by atoms with Crippen molar-refractivity contribution in [2.45, 2.75) is 12.5 Å². The van der Waals surface area contributed by atoms with Gasteiger partial charge in [0.15, 0.2) is 0 Å². The SMILES string of the molecule is COc1cccc2c1N(CCCl)C(CCl)C2. The number of fused-ring (bicyclic) bond motifs is 1. The van der Waals surface area contributed by atoms with Gasteiger partial charge in [-0.2, -0.15) is 0 Å². The molecule has 0 aromatic heterocycles. The van der Waals surface area contributed by atoms with E-state index in [9.17, 15) is 0 Å². The molecule has 1 heterocycles. The molecule has 0 spiro atoms. The summed E-state index contributed by atoms with van der Waals surface area (Å²) in [5, 5.41) is 0. The van der Waals surface area contributed by atoms with Gasteiger partial charge in [-0.3, -0.25) is 0 Å². The van der Waals surface area contributed by atoms with E-state index < -0.39 is 0 Å². The number of para-hydroxylation sites is 1. The van der Waals surface area contributed by atoms with Gasteiger partial charge in [0, 0.05) is 24.3 Å². The average molecular weight is 260 g/mol. The van der Waals surface area contributed by atoms with Gasteiger partial charge in [-0.1, -0.05) is 12.1 Å². The third kappa shape index (κ3) is 1.96. The molecule has 1 aliphatic heterocycles. The second kappa shape index (κ2) is 5.15. The molecule has 0 bridgehead atoms. The second-order valence-electron chi connectivity index (χ2n) is 3.86. The van der Waals surface area contributed by atoms with Crippen LogP contribution in [0.1, 0.15) is 5.56 Å². The van der Waals surface area contributed by atoms with E-state index in [2.05, 4.69) is 11.0 Å². The number of hydrogen-bond donors (Lipinski definition) is 0. The molecule has 0 amide bonds. The van der Waals surface area contributed by atoms with Gasteiger partial charge in [0.05, 0.1) is 12.8 Å². The fourth-order valence-electron chi connectivity index (χ4n) is 2.29. The largest absolute Gasteiger partial charge is 0.495 e. The Hall–Kier alpha value is -0.600. The summed E-state index contributed by atoms with van der Waals surface area (Å²) < 4.78 is 5.40. The minimum atomic E-state index is 0.340. The number of alkyl halides is 2. The molecule has 88 valence electrons. The molecular weight excluding hydrogens is 245 g/mol. The first-order valence-electron chi connectivity index (χ1n) is 5.36. The highest BCUT2D eigenvalue weighted by molar-refractivity contribution is 6.19. The maximum absolute atomic E-state index is 6.00. The smallest absolute Gasteiger partial charge is 0.142 e. The van der Waals surface area contributed by atoms with Crippen LogP contribution in [-0.4, -0.2) is 31.5 Å². The summed E-state index contributed by atoms with van der Waals surface area (Å²) in [7, 11) is 1.70. The second-order valence-corrected chi connectivity index (χ2v) is 4.55. The zero-order valence-corrected chi connectivity index (χ0v) is 10.8. The Morgan fingerprint density at radius 3 is 2.88 bits per heavy atom. The lowest BCUT2D eigenvalue weighted by Gasteiger charge is -2.26. The Morgan fingerprint density at radius 2 is 2.25 bits per heavy atom. The summed E-state index contributed by atoms with van der Waals surface area (Å²) in [6, 6.07) is 6.47. The van der Waals surface area contributed by atoms with E-state index in [1.54, 1.807) is 7.11 Å². The summed E-state index contributed by atoms with van der Waals surface area (Å²) in [6.07, 6.45) is 0.979. The molecule has 0 radical (unpaired) electrons. The van der Waals surface area contributed by atoms with Gasteiger partial charge >= 0.3 is 0 Å². The van der Waals surface area contributed by atoms with E-state index in [-0.39, 0.29) is 0 Å². The van der Waals surface area contributed by atoms with Crippen LogP contribution in [0.4, 0.5) is 5.69 Å². The van der Waals surface area contributed by atoms with Gasteiger partial charge in [-0.05, 0) is 18.1 Å². The molecule has 1 aliphatic rings. The van der Waals surface area contributed by atoms with Gasteiger partial charge in [-0.15, -0.1) is 23.2 Å². The maximum Gasteiger partial charge on any atom is 0.142 e. The van der Waals surface area contributed by atoms with E-state index in [0.29, 0.717) is 17.8 Å². The molecular formula is C12H15Cl2NO. The lowest BCUT2D eigenvalue weighted by molar-refractivity contribution is 0.414. The number of halogens is 2. The lowest BCUT2D eigenvalue weighted by Crippen LogP contribution is -2.35. The van der Waals surface area contributed by atoms with Crippen LogP contribution in [0.5, 0.6) is 5.75 Å². The number of methoxy groups -OCH3 is 1. The Balaban J connectivity index is 2.39. The quantitative estimate of drug-likeness (QED) is 0.772. The molecule has 16 heavy (non-hydrogen) atoms. The zero-order valence-electron chi connectivity index (χ0n) is 9.25. The normalized spacial score (nSPS) is 18.7. The molecule has 0 N–H and O–H groups in total. The maximum atomic E-state index is 6.00. The third-order valence-electron chi connectivity index (χ3n) is 2.99. The highest BCUT2D eigenvalue weighted by Crippen LogP contribution is 2.39. The summed E-state index contributed by atoms with van der Waals surface area (Å²) in [5.74, 6) is 2.13. The summed E-state index contributed by atoms with van der Waals surface area (Å²) in [4.78, 5) is 2.26. The van der Waals surface area contributed by atoms with Crippen molar-refractivity contribution < 1.29 is 4.74 Å². The van der Waals surface area contributed by atoms with Crippen LogP contribution < -0.4 is 9.64 Å². The molecule has 2 nitrogen and oxygen atoms in total. The minimum Gasteiger partial charge on any atom is -0.495 e. The van der Waals surface area contributed by atoms with E-state index in [1.807, 2.05) is 12.1 Å². The minimum absolute atomic E-state index is 0.340. The van der Waals surface area contributed by atoms with Crippen LogP contribution in [0.15, 0.2) is 18.2 Å². The number of nitrogens with zero attached hydrogens (tertiary/aromatic N) is 1. The molecule has 1 aromatic carbocycles. The van der Waals surface area contributed by atoms with Crippen LogP contribution in [-0.2, 0) is 6.42 Å². The van der Waals surface area contributed by atoms with E-state index in [0.717, 1.165) is 24.4 Å². The number of hydrogen-bond acceptors (Lipinski definition) is 2. The molecule has 0 saturated carbocycles. The first-order chi connectivity index (χ1) is 7.81. The number of anilines is 1. The molecule has 0 saturated heterocycles. The number of ether oxygens (including phenoxy) is 1. The summed E-state index contributed by atoms with van der Waals surface area (Å²) >= 11 is 11.8. The fraction of sp³-hybridized carbons (Fsp3) is 0.500. The number of benzene rings is 1. The Kier molecular flexibility index (Phi) is 3.82. The topological polar surface area (TPSA) is 12.5 Å². The average Bonchev–Trinajstić information content (AvgIpc) is 2.68. The van der Waals surface area contributed by atoms with Crippen molar-refractivity contribution in [1.82, 2.24) is 0 Å². The van der Waals surface area contributed by atoms with Crippen molar-refractivity contribution in [3.05, 3.63) is 23.8 Å². The van der Waals surface area contributed by atoms with E-state index >= 15 is 0 Å². The Morgan fingerprint density at radius 1 is 1.44 bits per heavy atom. The van der Waals surface area contributed by atoms with Crippen molar-refractivity contribution in [2.24, 2.45) is 0 Å². The predicted octanol–water partition coefficient (Wildman–Crippen LogP) is 2.90. The summed E-state index contributed by atoms with van der Waals surface area (Å²) in [5.41, 5.74) is 2.46. The molecule has 4 heteroatoms. The molecule has 2 rings (SSSR count).